The van der Waals surface area contributed by atoms with Gasteiger partial charge in [0.05, 0.1) is 16.6 Å². The van der Waals surface area contributed by atoms with E-state index in [1.807, 2.05) is 74.5 Å². The summed E-state index contributed by atoms with van der Waals surface area (Å²) in [6.07, 6.45) is 0. The quantitative estimate of drug-likeness (QED) is 0.279. The molecular formula is C24H21ClN2OS. The molecule has 0 fully saturated rings. The predicted molar refractivity (Wildman–Crippen MR) is 123 cm³/mol. The van der Waals surface area contributed by atoms with Crippen LogP contribution < -0.4 is 5.56 Å². The van der Waals surface area contributed by atoms with E-state index in [0.717, 1.165) is 22.4 Å². The van der Waals surface area contributed by atoms with Crippen molar-refractivity contribution in [3.05, 3.63) is 98.8 Å². The van der Waals surface area contributed by atoms with Gasteiger partial charge in [0.2, 0.25) is 0 Å². The third kappa shape index (κ3) is 3.83. The molecule has 0 bridgehead atoms. The maximum absolute atomic E-state index is 13.5. The van der Waals surface area contributed by atoms with E-state index in [1.54, 1.807) is 16.3 Å². The number of para-hydroxylation sites is 1. The number of fused-ring (bicyclic) bond motifs is 1. The van der Waals surface area contributed by atoms with Gasteiger partial charge in [-0.3, -0.25) is 9.36 Å². The minimum absolute atomic E-state index is 0.0353. The number of hydrogen-bond acceptors (Lipinski definition) is 3. The molecule has 0 radical (unpaired) electrons. The molecule has 0 N–H and O–H groups in total. The number of rotatable bonds is 4. The SMILES string of the molecule is Cc1ccc(C)c(-n2c(S[C@@H](C)c3ccccc3Cl)nc3ccccc3c2=O)c1. The Kier molecular flexibility index (Phi) is 5.48. The minimum atomic E-state index is -0.0573. The molecule has 1 atom stereocenters. The zero-order valence-electron chi connectivity index (χ0n) is 16.5. The van der Waals surface area contributed by atoms with Crippen LogP contribution >= 0.6 is 23.4 Å². The van der Waals surface area contributed by atoms with Crippen LogP contribution in [-0.2, 0) is 0 Å². The molecule has 0 aliphatic heterocycles. The molecule has 4 aromatic rings. The van der Waals surface area contributed by atoms with Gasteiger partial charge in [0.1, 0.15) is 0 Å². The summed E-state index contributed by atoms with van der Waals surface area (Å²) in [7, 11) is 0. The minimum Gasteiger partial charge on any atom is -0.268 e. The molecule has 0 spiro atoms. The Hall–Kier alpha value is -2.56. The Morgan fingerprint density at radius 3 is 2.52 bits per heavy atom. The number of thioether (sulfide) groups is 1. The standard InChI is InChI=1S/C24H21ClN2OS/c1-15-12-13-16(2)22(14-15)27-23(28)19-9-5-7-11-21(19)26-24(27)29-17(3)18-8-4-6-10-20(18)25/h4-14,17H,1-3H3/t17-/m0/s1. The Balaban J connectivity index is 1.94. The van der Waals surface area contributed by atoms with E-state index < -0.39 is 0 Å². The lowest BCUT2D eigenvalue weighted by molar-refractivity contribution is 0.809. The maximum atomic E-state index is 13.5. The Morgan fingerprint density at radius 2 is 1.72 bits per heavy atom. The van der Waals surface area contributed by atoms with Crippen molar-refractivity contribution >= 4 is 34.3 Å². The second kappa shape index (κ2) is 8.05. The lowest BCUT2D eigenvalue weighted by Crippen LogP contribution is -2.22. The molecule has 29 heavy (non-hydrogen) atoms. The summed E-state index contributed by atoms with van der Waals surface area (Å²) in [6, 6.07) is 21.4. The Bertz CT molecular complexity index is 1270. The van der Waals surface area contributed by atoms with Crippen molar-refractivity contribution in [2.45, 2.75) is 31.2 Å². The van der Waals surface area contributed by atoms with Crippen molar-refractivity contribution < 1.29 is 0 Å². The van der Waals surface area contributed by atoms with Gasteiger partial charge in [-0.25, -0.2) is 4.98 Å². The first kappa shape index (κ1) is 19.7. The van der Waals surface area contributed by atoms with Crippen molar-refractivity contribution in [1.82, 2.24) is 9.55 Å². The van der Waals surface area contributed by atoms with Gasteiger partial charge in [-0.15, -0.1) is 0 Å². The lowest BCUT2D eigenvalue weighted by Gasteiger charge is -2.19. The fraction of sp³-hybridized carbons (Fsp3) is 0.167. The van der Waals surface area contributed by atoms with Crippen LogP contribution in [0.2, 0.25) is 5.02 Å². The van der Waals surface area contributed by atoms with Crippen LogP contribution in [0.5, 0.6) is 0 Å². The molecule has 4 rings (SSSR count). The van der Waals surface area contributed by atoms with Gasteiger partial charge in [-0.1, -0.05) is 65.8 Å². The number of nitrogens with zero attached hydrogens (tertiary/aromatic N) is 2. The Morgan fingerprint density at radius 1 is 1.00 bits per heavy atom. The fourth-order valence-corrected chi connectivity index (χ4v) is 4.84. The van der Waals surface area contributed by atoms with Gasteiger partial charge in [-0.2, -0.15) is 0 Å². The zero-order valence-corrected chi connectivity index (χ0v) is 18.1. The maximum Gasteiger partial charge on any atom is 0.266 e. The largest absolute Gasteiger partial charge is 0.268 e. The van der Waals surface area contributed by atoms with Crippen molar-refractivity contribution in [1.29, 1.82) is 0 Å². The van der Waals surface area contributed by atoms with Crippen molar-refractivity contribution in [3.63, 3.8) is 0 Å². The summed E-state index contributed by atoms with van der Waals surface area (Å²) in [5.41, 5.74) is 4.66. The van der Waals surface area contributed by atoms with Crippen LogP contribution in [0.25, 0.3) is 16.6 Å². The number of hydrogen-bond donors (Lipinski definition) is 0. The summed E-state index contributed by atoms with van der Waals surface area (Å²) in [5.74, 6) is 0. The molecule has 1 heterocycles. The first-order chi connectivity index (χ1) is 14.0. The second-order valence-corrected chi connectivity index (χ2v) is 8.84. The molecule has 146 valence electrons. The smallest absolute Gasteiger partial charge is 0.266 e. The van der Waals surface area contributed by atoms with E-state index in [0.29, 0.717) is 21.1 Å². The summed E-state index contributed by atoms with van der Waals surface area (Å²) in [4.78, 5) is 18.3. The summed E-state index contributed by atoms with van der Waals surface area (Å²) < 4.78 is 1.74. The molecular weight excluding hydrogens is 400 g/mol. The fourth-order valence-electron chi connectivity index (χ4n) is 3.39. The predicted octanol–water partition coefficient (Wildman–Crippen LogP) is 6.51. The highest BCUT2D eigenvalue weighted by atomic mass is 35.5. The van der Waals surface area contributed by atoms with Crippen LogP contribution in [0, 0.1) is 13.8 Å². The van der Waals surface area contributed by atoms with Gasteiger partial charge in [0.15, 0.2) is 5.16 Å². The third-order valence-electron chi connectivity index (χ3n) is 4.98. The molecule has 3 nitrogen and oxygen atoms in total. The first-order valence-corrected chi connectivity index (χ1v) is 10.7. The highest BCUT2D eigenvalue weighted by molar-refractivity contribution is 7.99. The van der Waals surface area contributed by atoms with E-state index >= 15 is 0 Å². The third-order valence-corrected chi connectivity index (χ3v) is 6.41. The molecule has 0 saturated carbocycles. The highest BCUT2D eigenvalue weighted by Gasteiger charge is 2.19. The van der Waals surface area contributed by atoms with Crippen LogP contribution in [0.15, 0.2) is 76.7 Å². The van der Waals surface area contributed by atoms with E-state index in [9.17, 15) is 4.79 Å². The average molecular weight is 421 g/mol. The van der Waals surface area contributed by atoms with Crippen LogP contribution in [0.4, 0.5) is 0 Å². The van der Waals surface area contributed by atoms with E-state index in [4.69, 9.17) is 16.6 Å². The van der Waals surface area contributed by atoms with Gasteiger partial charge >= 0.3 is 0 Å². The van der Waals surface area contributed by atoms with Crippen molar-refractivity contribution in [3.8, 4) is 5.69 Å². The highest BCUT2D eigenvalue weighted by Crippen LogP contribution is 2.38. The van der Waals surface area contributed by atoms with Gasteiger partial charge in [-0.05, 0) is 61.7 Å². The van der Waals surface area contributed by atoms with E-state index in [2.05, 4.69) is 13.0 Å². The number of aromatic nitrogens is 2. The van der Waals surface area contributed by atoms with Gasteiger partial charge < -0.3 is 0 Å². The van der Waals surface area contributed by atoms with E-state index in [1.165, 1.54) is 0 Å². The molecule has 3 aromatic carbocycles. The molecule has 0 aliphatic rings. The van der Waals surface area contributed by atoms with Gasteiger partial charge in [0.25, 0.3) is 5.56 Å². The average Bonchev–Trinajstić information content (AvgIpc) is 2.71. The molecule has 0 unspecified atom stereocenters. The first-order valence-electron chi connectivity index (χ1n) is 9.46. The molecule has 1 aromatic heterocycles. The van der Waals surface area contributed by atoms with Crippen LogP contribution in [0.3, 0.4) is 0 Å². The number of benzene rings is 3. The normalized spacial score (nSPS) is 12.3. The second-order valence-electron chi connectivity index (χ2n) is 7.12. The summed E-state index contributed by atoms with van der Waals surface area (Å²) >= 11 is 7.96. The Labute approximate surface area is 179 Å². The zero-order chi connectivity index (χ0) is 20.5. The van der Waals surface area contributed by atoms with Gasteiger partial charge in [0, 0.05) is 10.3 Å². The van der Waals surface area contributed by atoms with Crippen molar-refractivity contribution in [2.24, 2.45) is 0 Å². The summed E-state index contributed by atoms with van der Waals surface area (Å²) in [5, 5.41) is 2.03. The van der Waals surface area contributed by atoms with E-state index in [-0.39, 0.29) is 10.8 Å². The van der Waals surface area contributed by atoms with Crippen molar-refractivity contribution in [2.75, 3.05) is 0 Å². The molecule has 0 saturated heterocycles. The number of aryl methyl sites for hydroxylation is 2. The molecule has 0 aliphatic carbocycles. The summed E-state index contributed by atoms with van der Waals surface area (Å²) in [6.45, 7) is 6.13. The van der Waals surface area contributed by atoms with Crippen LogP contribution in [0.1, 0.15) is 28.9 Å². The monoisotopic (exact) mass is 420 g/mol. The number of halogens is 1. The topological polar surface area (TPSA) is 34.9 Å². The lowest BCUT2D eigenvalue weighted by atomic mass is 10.1. The van der Waals surface area contributed by atoms with Crippen LogP contribution in [-0.4, -0.2) is 9.55 Å². The molecule has 0 amide bonds. The molecule has 5 heteroatoms.